The van der Waals surface area contributed by atoms with E-state index in [0.717, 1.165) is 0 Å². The zero-order valence-corrected chi connectivity index (χ0v) is 16.5. The molecular formula is C21H28N2O5. The van der Waals surface area contributed by atoms with E-state index in [1.807, 2.05) is 0 Å². The first-order chi connectivity index (χ1) is 13.2. The number of methoxy groups -OCH3 is 2. The number of phenolic OH excluding ortho intramolecular Hbond substituents is 2. The number of rotatable bonds is 8. The van der Waals surface area contributed by atoms with E-state index in [2.05, 4.69) is 0 Å². The third kappa shape index (κ3) is 4.74. The molecule has 0 aromatic heterocycles. The van der Waals surface area contributed by atoms with E-state index in [4.69, 9.17) is 20.9 Å². The lowest BCUT2D eigenvalue weighted by molar-refractivity contribution is -0.122. The standard InChI is InChI=1S/C21H28N2O5/c1-11(22)19(13-5-15(24)9-17(7-13)27-3)21(26)20(12(2)23)14-6-16(25)10-18(8-14)28-4/h5-12,19-20,24-25H,22-23H2,1-4H3. The summed E-state index contributed by atoms with van der Waals surface area (Å²) >= 11 is 0. The van der Waals surface area contributed by atoms with Gasteiger partial charge in [0.05, 0.1) is 26.1 Å². The molecule has 0 spiro atoms. The van der Waals surface area contributed by atoms with Gasteiger partial charge in [-0.1, -0.05) is 0 Å². The zero-order valence-electron chi connectivity index (χ0n) is 16.5. The van der Waals surface area contributed by atoms with Gasteiger partial charge in [0.25, 0.3) is 0 Å². The summed E-state index contributed by atoms with van der Waals surface area (Å²) < 4.78 is 10.4. The molecule has 0 fully saturated rings. The number of hydrogen-bond donors (Lipinski definition) is 4. The molecule has 0 heterocycles. The van der Waals surface area contributed by atoms with Gasteiger partial charge in [0.1, 0.15) is 23.0 Å². The van der Waals surface area contributed by atoms with Crippen LogP contribution in [0.3, 0.4) is 0 Å². The van der Waals surface area contributed by atoms with Crippen LogP contribution in [0.1, 0.15) is 36.8 Å². The Morgan fingerprint density at radius 1 is 0.786 bits per heavy atom. The highest BCUT2D eigenvalue weighted by atomic mass is 16.5. The van der Waals surface area contributed by atoms with Gasteiger partial charge in [0.2, 0.25) is 0 Å². The van der Waals surface area contributed by atoms with Gasteiger partial charge in [-0.3, -0.25) is 4.79 Å². The van der Waals surface area contributed by atoms with Crippen LogP contribution in [0.4, 0.5) is 0 Å². The lowest BCUT2D eigenvalue weighted by Gasteiger charge is -2.28. The summed E-state index contributed by atoms with van der Waals surface area (Å²) in [5.41, 5.74) is 13.4. The van der Waals surface area contributed by atoms with Gasteiger partial charge in [-0.2, -0.15) is 0 Å². The van der Waals surface area contributed by atoms with Gasteiger partial charge in [-0.15, -0.1) is 0 Å². The van der Waals surface area contributed by atoms with E-state index in [-0.39, 0.29) is 17.3 Å². The highest BCUT2D eigenvalue weighted by Crippen LogP contribution is 2.36. The predicted molar refractivity (Wildman–Crippen MR) is 107 cm³/mol. The molecule has 28 heavy (non-hydrogen) atoms. The molecule has 4 unspecified atom stereocenters. The fraction of sp³-hybridized carbons (Fsp3) is 0.381. The van der Waals surface area contributed by atoms with Crippen molar-refractivity contribution < 1.29 is 24.5 Å². The van der Waals surface area contributed by atoms with Crippen molar-refractivity contribution in [2.24, 2.45) is 11.5 Å². The zero-order chi connectivity index (χ0) is 21.0. The molecule has 2 rings (SSSR count). The van der Waals surface area contributed by atoms with E-state index in [9.17, 15) is 15.0 Å². The first kappa shape index (κ1) is 21.5. The van der Waals surface area contributed by atoms with Gasteiger partial charge >= 0.3 is 0 Å². The Morgan fingerprint density at radius 2 is 1.14 bits per heavy atom. The van der Waals surface area contributed by atoms with Crippen molar-refractivity contribution in [1.82, 2.24) is 0 Å². The van der Waals surface area contributed by atoms with Gasteiger partial charge in [-0.25, -0.2) is 0 Å². The average molecular weight is 388 g/mol. The number of benzene rings is 2. The summed E-state index contributed by atoms with van der Waals surface area (Å²) in [6.45, 7) is 3.45. The van der Waals surface area contributed by atoms with Crippen molar-refractivity contribution in [2.45, 2.75) is 37.8 Å². The van der Waals surface area contributed by atoms with Crippen LogP contribution in [0, 0.1) is 0 Å². The quantitative estimate of drug-likeness (QED) is 0.546. The van der Waals surface area contributed by atoms with Crippen LogP contribution in [0.5, 0.6) is 23.0 Å². The van der Waals surface area contributed by atoms with Gasteiger partial charge in [0, 0.05) is 24.2 Å². The van der Waals surface area contributed by atoms with Crippen molar-refractivity contribution in [2.75, 3.05) is 14.2 Å². The number of aromatic hydroxyl groups is 2. The molecule has 0 radical (unpaired) electrons. The first-order valence-corrected chi connectivity index (χ1v) is 8.98. The maximum Gasteiger partial charge on any atom is 0.150 e. The number of carbonyl (C=O) groups excluding carboxylic acids is 1. The molecule has 0 aliphatic rings. The highest BCUT2D eigenvalue weighted by molar-refractivity contribution is 5.93. The monoisotopic (exact) mass is 388 g/mol. The van der Waals surface area contributed by atoms with Crippen LogP contribution < -0.4 is 20.9 Å². The molecule has 0 saturated carbocycles. The van der Waals surface area contributed by atoms with E-state index in [1.54, 1.807) is 26.0 Å². The minimum Gasteiger partial charge on any atom is -0.508 e. The minimum absolute atomic E-state index is 0.0239. The number of Topliss-reactive ketones (excluding diaryl/α,β-unsaturated/α-hetero) is 1. The Hall–Kier alpha value is -2.77. The second kappa shape index (κ2) is 8.95. The maximum atomic E-state index is 13.5. The molecular weight excluding hydrogens is 360 g/mol. The van der Waals surface area contributed by atoms with Gasteiger partial charge < -0.3 is 31.2 Å². The maximum absolute atomic E-state index is 13.5. The third-order valence-corrected chi connectivity index (χ3v) is 4.68. The molecule has 2 aromatic rings. The van der Waals surface area contributed by atoms with Crippen molar-refractivity contribution in [1.29, 1.82) is 0 Å². The topological polar surface area (TPSA) is 128 Å². The number of hydrogen-bond acceptors (Lipinski definition) is 7. The van der Waals surface area contributed by atoms with E-state index in [0.29, 0.717) is 22.6 Å². The summed E-state index contributed by atoms with van der Waals surface area (Å²) in [6, 6.07) is 8.16. The number of carbonyl (C=O) groups is 1. The van der Waals surface area contributed by atoms with Crippen LogP contribution >= 0.6 is 0 Å². The molecule has 2 aromatic carbocycles. The number of phenols is 2. The lowest BCUT2D eigenvalue weighted by atomic mass is 9.77. The molecule has 0 aliphatic heterocycles. The molecule has 152 valence electrons. The molecule has 0 amide bonds. The molecule has 7 heteroatoms. The molecule has 0 aliphatic carbocycles. The Labute approximate surface area is 164 Å². The third-order valence-electron chi connectivity index (χ3n) is 4.68. The van der Waals surface area contributed by atoms with Crippen LogP contribution in [0.2, 0.25) is 0 Å². The predicted octanol–water partition coefficient (Wildman–Crippen LogP) is 2.25. The van der Waals surface area contributed by atoms with E-state index >= 15 is 0 Å². The Bertz CT molecular complexity index is 768. The Morgan fingerprint density at radius 3 is 1.43 bits per heavy atom. The van der Waals surface area contributed by atoms with E-state index < -0.39 is 23.9 Å². The second-order valence-corrected chi connectivity index (χ2v) is 7.00. The smallest absolute Gasteiger partial charge is 0.150 e. The van der Waals surface area contributed by atoms with Crippen LogP contribution in [0.15, 0.2) is 36.4 Å². The lowest BCUT2D eigenvalue weighted by Crippen LogP contribution is -2.39. The molecule has 7 nitrogen and oxygen atoms in total. The second-order valence-electron chi connectivity index (χ2n) is 7.00. The number of ether oxygens (including phenoxy) is 2. The minimum atomic E-state index is -0.731. The van der Waals surface area contributed by atoms with Crippen molar-refractivity contribution >= 4 is 5.78 Å². The summed E-state index contributed by atoms with van der Waals surface area (Å²) in [5.74, 6) is -0.885. The fourth-order valence-electron chi connectivity index (χ4n) is 3.45. The Kier molecular flexibility index (Phi) is 6.88. The van der Waals surface area contributed by atoms with Crippen LogP contribution in [0.25, 0.3) is 0 Å². The summed E-state index contributed by atoms with van der Waals surface area (Å²) in [5, 5.41) is 20.0. The van der Waals surface area contributed by atoms with Crippen molar-refractivity contribution in [3.8, 4) is 23.0 Å². The fourth-order valence-corrected chi connectivity index (χ4v) is 3.45. The highest BCUT2D eigenvalue weighted by Gasteiger charge is 2.35. The number of ketones is 1. The van der Waals surface area contributed by atoms with Gasteiger partial charge in [0.15, 0.2) is 5.78 Å². The Balaban J connectivity index is 2.55. The van der Waals surface area contributed by atoms with Crippen molar-refractivity contribution in [3.63, 3.8) is 0 Å². The van der Waals surface area contributed by atoms with E-state index in [1.165, 1.54) is 38.5 Å². The first-order valence-electron chi connectivity index (χ1n) is 8.98. The largest absolute Gasteiger partial charge is 0.508 e. The molecule has 4 atom stereocenters. The molecule has 0 bridgehead atoms. The van der Waals surface area contributed by atoms with Crippen LogP contribution in [-0.2, 0) is 4.79 Å². The SMILES string of the molecule is COc1cc(O)cc(C(C(=O)C(c2cc(O)cc(OC)c2)C(C)N)C(C)N)c1. The molecule has 6 N–H and O–H groups in total. The normalized spacial score (nSPS) is 15.4. The summed E-state index contributed by atoms with van der Waals surface area (Å²) in [6.07, 6.45) is 0. The van der Waals surface area contributed by atoms with Crippen molar-refractivity contribution in [3.05, 3.63) is 47.5 Å². The van der Waals surface area contributed by atoms with Gasteiger partial charge in [-0.05, 0) is 49.2 Å². The summed E-state index contributed by atoms with van der Waals surface area (Å²) in [7, 11) is 2.95. The summed E-state index contributed by atoms with van der Waals surface area (Å²) in [4.78, 5) is 13.5. The average Bonchev–Trinajstić information content (AvgIpc) is 2.60. The number of nitrogens with two attached hydrogens (primary N) is 2. The van der Waals surface area contributed by atoms with Crippen LogP contribution in [-0.4, -0.2) is 42.3 Å². The molecule has 0 saturated heterocycles.